The normalized spacial score (nSPS) is 13.6. The Morgan fingerprint density at radius 1 is 1.50 bits per heavy atom. The molecule has 1 atom stereocenters. The van der Waals surface area contributed by atoms with Gasteiger partial charge in [0.05, 0.1) is 13.2 Å². The van der Waals surface area contributed by atoms with Crippen LogP contribution in [0.2, 0.25) is 0 Å². The Hall–Kier alpha value is -2.02. The fourth-order valence-electron chi connectivity index (χ4n) is 1.37. The van der Waals surface area contributed by atoms with E-state index in [1.807, 2.05) is 13.8 Å². The average Bonchev–Trinajstić information content (AvgIpc) is 2.38. The van der Waals surface area contributed by atoms with Gasteiger partial charge in [0.25, 0.3) is 5.91 Å². The van der Waals surface area contributed by atoms with Crippen LogP contribution >= 0.6 is 0 Å². The maximum absolute atomic E-state index is 12.1. The fourth-order valence-corrected chi connectivity index (χ4v) is 1.37. The summed E-state index contributed by atoms with van der Waals surface area (Å²) < 4.78 is 5.06. The molecule has 1 rings (SSSR count). The molecule has 0 saturated heterocycles. The molecule has 0 radical (unpaired) electrons. The lowest BCUT2D eigenvalue weighted by molar-refractivity contribution is 0.0907. The molecule has 0 spiro atoms. The first-order valence-electron chi connectivity index (χ1n) is 5.80. The third-order valence-electron chi connectivity index (χ3n) is 3.09. The van der Waals surface area contributed by atoms with Crippen LogP contribution in [0, 0.1) is 17.2 Å². The molecule has 1 N–H and O–H groups in total. The number of hydrogen-bond acceptors (Lipinski definition) is 3. The minimum atomic E-state index is -0.875. The first-order valence-corrected chi connectivity index (χ1v) is 5.80. The predicted octanol–water partition coefficient (Wildman–Crippen LogP) is 2.36. The van der Waals surface area contributed by atoms with E-state index < -0.39 is 5.54 Å². The van der Waals surface area contributed by atoms with Crippen LogP contribution in [-0.4, -0.2) is 18.6 Å². The van der Waals surface area contributed by atoms with E-state index in [0.717, 1.165) is 0 Å². The lowest BCUT2D eigenvalue weighted by Gasteiger charge is -2.27. The maximum Gasteiger partial charge on any atom is 0.252 e. The van der Waals surface area contributed by atoms with Crippen molar-refractivity contribution in [2.75, 3.05) is 7.11 Å². The smallest absolute Gasteiger partial charge is 0.252 e. The molecular weight excluding hydrogens is 228 g/mol. The van der Waals surface area contributed by atoms with Crippen molar-refractivity contribution in [3.05, 3.63) is 29.8 Å². The molecule has 0 heterocycles. The van der Waals surface area contributed by atoms with Crippen LogP contribution in [0.4, 0.5) is 0 Å². The minimum Gasteiger partial charge on any atom is -0.497 e. The van der Waals surface area contributed by atoms with Gasteiger partial charge in [0.2, 0.25) is 0 Å². The van der Waals surface area contributed by atoms with Crippen molar-refractivity contribution < 1.29 is 9.53 Å². The van der Waals surface area contributed by atoms with E-state index in [2.05, 4.69) is 11.4 Å². The SMILES string of the molecule is COc1cccc(C(=O)NC(C)(C#N)C(C)C)c1. The summed E-state index contributed by atoms with van der Waals surface area (Å²) in [7, 11) is 1.55. The number of carbonyl (C=O) groups is 1. The zero-order valence-corrected chi connectivity index (χ0v) is 11.2. The Balaban J connectivity index is 2.92. The number of hydrogen-bond donors (Lipinski definition) is 1. The number of nitrogens with one attached hydrogen (secondary N) is 1. The average molecular weight is 246 g/mol. The topological polar surface area (TPSA) is 62.1 Å². The molecular formula is C14H18N2O2. The summed E-state index contributed by atoms with van der Waals surface area (Å²) in [4.78, 5) is 12.1. The van der Waals surface area contributed by atoms with E-state index in [1.54, 1.807) is 38.3 Å². The monoisotopic (exact) mass is 246 g/mol. The van der Waals surface area contributed by atoms with E-state index in [4.69, 9.17) is 10.00 Å². The van der Waals surface area contributed by atoms with Crippen LogP contribution in [0.15, 0.2) is 24.3 Å². The molecule has 1 aromatic rings. The van der Waals surface area contributed by atoms with E-state index in [1.165, 1.54) is 0 Å². The van der Waals surface area contributed by atoms with Crippen molar-refractivity contribution in [3.63, 3.8) is 0 Å². The maximum atomic E-state index is 12.1. The molecule has 4 nitrogen and oxygen atoms in total. The van der Waals surface area contributed by atoms with Crippen molar-refractivity contribution in [2.45, 2.75) is 26.3 Å². The van der Waals surface area contributed by atoms with Gasteiger partial charge in [-0.15, -0.1) is 0 Å². The van der Waals surface area contributed by atoms with Crippen molar-refractivity contribution >= 4 is 5.91 Å². The molecule has 0 aliphatic rings. The summed E-state index contributed by atoms with van der Waals surface area (Å²) >= 11 is 0. The third-order valence-corrected chi connectivity index (χ3v) is 3.09. The number of ether oxygens (including phenoxy) is 1. The van der Waals surface area contributed by atoms with Gasteiger partial charge in [-0.1, -0.05) is 19.9 Å². The molecule has 0 aromatic heterocycles. The number of carbonyl (C=O) groups excluding carboxylic acids is 1. The third kappa shape index (κ3) is 3.01. The van der Waals surface area contributed by atoms with E-state index in [0.29, 0.717) is 11.3 Å². The highest BCUT2D eigenvalue weighted by Gasteiger charge is 2.30. The van der Waals surface area contributed by atoms with Crippen molar-refractivity contribution in [3.8, 4) is 11.8 Å². The van der Waals surface area contributed by atoms with E-state index >= 15 is 0 Å². The largest absolute Gasteiger partial charge is 0.497 e. The molecule has 1 amide bonds. The standard InChI is InChI=1S/C14H18N2O2/c1-10(2)14(3,9-15)16-13(17)11-6-5-7-12(8-11)18-4/h5-8,10H,1-4H3,(H,16,17). The Morgan fingerprint density at radius 3 is 2.67 bits per heavy atom. The molecule has 18 heavy (non-hydrogen) atoms. The number of amides is 1. The molecule has 0 aliphatic carbocycles. The summed E-state index contributed by atoms with van der Waals surface area (Å²) in [5.41, 5.74) is -0.392. The van der Waals surface area contributed by atoms with Crippen molar-refractivity contribution in [2.24, 2.45) is 5.92 Å². The predicted molar refractivity (Wildman–Crippen MR) is 69.3 cm³/mol. The number of nitriles is 1. The Labute approximate surface area is 108 Å². The van der Waals surface area contributed by atoms with Crippen LogP contribution in [-0.2, 0) is 0 Å². The lowest BCUT2D eigenvalue weighted by atomic mass is 9.90. The molecule has 0 bridgehead atoms. The summed E-state index contributed by atoms with van der Waals surface area (Å²) in [6.45, 7) is 5.51. The highest BCUT2D eigenvalue weighted by molar-refractivity contribution is 5.95. The fraction of sp³-hybridized carbons (Fsp3) is 0.429. The quantitative estimate of drug-likeness (QED) is 0.887. The number of methoxy groups -OCH3 is 1. The molecule has 96 valence electrons. The summed E-state index contributed by atoms with van der Waals surface area (Å²) in [5, 5.41) is 11.9. The van der Waals surface area contributed by atoms with Crippen LogP contribution in [0.25, 0.3) is 0 Å². The Bertz CT molecular complexity index is 477. The van der Waals surface area contributed by atoms with Gasteiger partial charge in [-0.05, 0) is 31.0 Å². The van der Waals surface area contributed by atoms with E-state index in [-0.39, 0.29) is 11.8 Å². The van der Waals surface area contributed by atoms with Crippen LogP contribution in [0.5, 0.6) is 5.75 Å². The second kappa shape index (κ2) is 5.54. The number of rotatable bonds is 4. The van der Waals surface area contributed by atoms with Gasteiger partial charge in [-0.2, -0.15) is 5.26 Å². The van der Waals surface area contributed by atoms with Crippen molar-refractivity contribution in [1.29, 1.82) is 5.26 Å². The summed E-state index contributed by atoms with van der Waals surface area (Å²) in [5.74, 6) is 0.370. The van der Waals surface area contributed by atoms with Gasteiger partial charge in [-0.3, -0.25) is 4.79 Å². The summed E-state index contributed by atoms with van der Waals surface area (Å²) in [6, 6.07) is 8.99. The molecule has 1 unspecified atom stereocenters. The Morgan fingerprint density at radius 2 is 2.17 bits per heavy atom. The van der Waals surface area contributed by atoms with E-state index in [9.17, 15) is 4.79 Å². The van der Waals surface area contributed by atoms with Crippen LogP contribution in [0.1, 0.15) is 31.1 Å². The first-order chi connectivity index (χ1) is 8.42. The van der Waals surface area contributed by atoms with Crippen LogP contribution < -0.4 is 10.1 Å². The van der Waals surface area contributed by atoms with Gasteiger partial charge in [0, 0.05) is 5.56 Å². The Kier molecular flexibility index (Phi) is 4.33. The molecule has 0 saturated carbocycles. The summed E-state index contributed by atoms with van der Waals surface area (Å²) in [6.07, 6.45) is 0. The minimum absolute atomic E-state index is 0.0251. The lowest BCUT2D eigenvalue weighted by Crippen LogP contribution is -2.48. The van der Waals surface area contributed by atoms with Gasteiger partial charge in [-0.25, -0.2) is 0 Å². The number of nitrogens with zero attached hydrogens (tertiary/aromatic N) is 1. The highest BCUT2D eigenvalue weighted by Crippen LogP contribution is 2.18. The van der Waals surface area contributed by atoms with Gasteiger partial charge >= 0.3 is 0 Å². The second-order valence-corrected chi connectivity index (χ2v) is 4.65. The second-order valence-electron chi connectivity index (χ2n) is 4.65. The van der Waals surface area contributed by atoms with Gasteiger partial charge in [0.1, 0.15) is 11.3 Å². The highest BCUT2D eigenvalue weighted by atomic mass is 16.5. The van der Waals surface area contributed by atoms with Crippen LogP contribution in [0.3, 0.4) is 0 Å². The molecule has 1 aromatic carbocycles. The molecule has 0 aliphatic heterocycles. The zero-order chi connectivity index (χ0) is 13.8. The first kappa shape index (κ1) is 14.0. The van der Waals surface area contributed by atoms with Crippen molar-refractivity contribution in [1.82, 2.24) is 5.32 Å². The van der Waals surface area contributed by atoms with Gasteiger partial charge in [0.15, 0.2) is 0 Å². The molecule has 0 fully saturated rings. The number of benzene rings is 1. The zero-order valence-electron chi connectivity index (χ0n) is 11.2. The van der Waals surface area contributed by atoms with Gasteiger partial charge < -0.3 is 10.1 Å². The molecule has 4 heteroatoms.